The number of amides is 1. The molecule has 4 nitrogen and oxygen atoms in total. The predicted molar refractivity (Wildman–Crippen MR) is 111 cm³/mol. The maximum absolute atomic E-state index is 12.0. The van der Waals surface area contributed by atoms with Crippen LogP contribution in [0.4, 0.5) is 5.69 Å². The first-order valence-corrected chi connectivity index (χ1v) is 9.42. The van der Waals surface area contributed by atoms with Crippen molar-refractivity contribution in [3.8, 4) is 11.1 Å². The molecule has 0 radical (unpaired) electrons. The molecule has 0 atom stereocenters. The second kappa shape index (κ2) is 9.72. The average molecular weight is 394 g/mol. The van der Waals surface area contributed by atoms with Gasteiger partial charge in [-0.2, -0.15) is 0 Å². The molecule has 142 valence electrons. The van der Waals surface area contributed by atoms with Crippen LogP contribution in [-0.2, 0) is 27.4 Å². The molecule has 0 saturated carbocycles. The Kier molecular flexibility index (Phi) is 6.82. The monoisotopic (exact) mass is 393 g/mol. The lowest BCUT2D eigenvalue weighted by molar-refractivity contribution is -0.144. The molecule has 0 aromatic heterocycles. The molecule has 28 heavy (non-hydrogen) atoms. The van der Waals surface area contributed by atoms with Crippen LogP contribution >= 0.6 is 11.6 Å². The van der Waals surface area contributed by atoms with Gasteiger partial charge < -0.3 is 10.1 Å². The minimum atomic E-state index is -0.254. The van der Waals surface area contributed by atoms with Crippen molar-refractivity contribution in [3.63, 3.8) is 0 Å². The Morgan fingerprint density at radius 2 is 1.39 bits per heavy atom. The van der Waals surface area contributed by atoms with Crippen molar-refractivity contribution >= 4 is 29.2 Å². The molecule has 0 heterocycles. The number of hydrogen-bond donors (Lipinski definition) is 1. The van der Waals surface area contributed by atoms with E-state index in [-0.39, 0.29) is 30.8 Å². The molecule has 0 spiro atoms. The summed E-state index contributed by atoms with van der Waals surface area (Å²) in [5.74, 6) is -0.564. The van der Waals surface area contributed by atoms with Crippen LogP contribution in [0.15, 0.2) is 78.9 Å². The summed E-state index contributed by atoms with van der Waals surface area (Å²) < 4.78 is 5.32. The number of nitrogens with one attached hydrogen (secondary N) is 1. The summed E-state index contributed by atoms with van der Waals surface area (Å²) in [5, 5.41) is 2.70. The quantitative estimate of drug-likeness (QED) is 0.462. The fourth-order valence-corrected chi connectivity index (χ4v) is 2.78. The second-order valence-electron chi connectivity index (χ2n) is 6.28. The Balaban J connectivity index is 1.55. The third-order valence-corrected chi connectivity index (χ3v) is 4.41. The van der Waals surface area contributed by atoms with E-state index in [1.807, 2.05) is 78.9 Å². The second-order valence-corrected chi connectivity index (χ2v) is 6.55. The van der Waals surface area contributed by atoms with Crippen molar-refractivity contribution in [2.45, 2.75) is 13.0 Å². The fourth-order valence-electron chi connectivity index (χ4n) is 2.71. The summed E-state index contributed by atoms with van der Waals surface area (Å²) in [6.45, 7) is 0.282. The highest BCUT2D eigenvalue weighted by Gasteiger charge is 2.06. The Hall–Kier alpha value is -3.11. The number of halogens is 1. The van der Waals surface area contributed by atoms with E-state index in [1.54, 1.807) is 0 Å². The van der Waals surface area contributed by atoms with Crippen molar-refractivity contribution < 1.29 is 14.3 Å². The van der Waals surface area contributed by atoms with Crippen molar-refractivity contribution in [3.05, 3.63) is 90.0 Å². The Morgan fingerprint density at radius 3 is 2.00 bits per heavy atom. The number of carbonyl (C=O) groups excluding carboxylic acids is 2. The SMILES string of the molecule is O=C(CCl)Nc1ccc(-c2ccc(CC(=O)OCc3ccccc3)cc2)cc1. The predicted octanol–water partition coefficient (Wildman–Crippen LogP) is 4.82. The molecule has 0 aliphatic rings. The summed E-state index contributed by atoms with van der Waals surface area (Å²) in [5.41, 5.74) is 4.61. The van der Waals surface area contributed by atoms with Gasteiger partial charge in [0.15, 0.2) is 0 Å². The Morgan fingerprint density at radius 1 is 0.786 bits per heavy atom. The molecule has 3 aromatic carbocycles. The Bertz CT molecular complexity index is 922. The van der Waals surface area contributed by atoms with Crippen LogP contribution in [0.25, 0.3) is 11.1 Å². The van der Waals surface area contributed by atoms with Crippen LogP contribution in [0.3, 0.4) is 0 Å². The topological polar surface area (TPSA) is 55.4 Å². The first-order chi connectivity index (χ1) is 13.6. The van der Waals surface area contributed by atoms with Crippen molar-refractivity contribution in [2.75, 3.05) is 11.2 Å². The van der Waals surface area contributed by atoms with E-state index < -0.39 is 0 Å². The first-order valence-electron chi connectivity index (χ1n) is 8.89. The van der Waals surface area contributed by atoms with E-state index in [2.05, 4.69) is 5.32 Å². The number of carbonyl (C=O) groups is 2. The summed E-state index contributed by atoms with van der Waals surface area (Å²) in [7, 11) is 0. The van der Waals surface area contributed by atoms with Gasteiger partial charge in [0.2, 0.25) is 5.91 Å². The molecular formula is C23H20ClNO3. The average Bonchev–Trinajstić information content (AvgIpc) is 2.74. The van der Waals surface area contributed by atoms with Gasteiger partial charge in [0.1, 0.15) is 12.5 Å². The van der Waals surface area contributed by atoms with E-state index in [4.69, 9.17) is 16.3 Å². The highest BCUT2D eigenvalue weighted by molar-refractivity contribution is 6.29. The molecule has 3 aromatic rings. The largest absolute Gasteiger partial charge is 0.461 e. The van der Waals surface area contributed by atoms with E-state index in [0.29, 0.717) is 5.69 Å². The third-order valence-electron chi connectivity index (χ3n) is 4.17. The van der Waals surface area contributed by atoms with Crippen LogP contribution in [0, 0.1) is 0 Å². The van der Waals surface area contributed by atoms with Crippen molar-refractivity contribution in [1.82, 2.24) is 0 Å². The van der Waals surface area contributed by atoms with E-state index in [9.17, 15) is 9.59 Å². The summed E-state index contributed by atoms with van der Waals surface area (Å²) in [6, 6.07) is 24.9. The number of ether oxygens (including phenoxy) is 1. The number of benzene rings is 3. The minimum absolute atomic E-state index is 0.0724. The molecule has 0 aliphatic carbocycles. The van der Waals surface area contributed by atoms with Gasteiger partial charge in [-0.25, -0.2) is 0 Å². The number of hydrogen-bond acceptors (Lipinski definition) is 3. The highest BCUT2D eigenvalue weighted by Crippen LogP contribution is 2.22. The number of anilines is 1. The molecule has 0 unspecified atom stereocenters. The van der Waals surface area contributed by atoms with Gasteiger partial charge >= 0.3 is 5.97 Å². The lowest BCUT2D eigenvalue weighted by Crippen LogP contribution is -2.12. The lowest BCUT2D eigenvalue weighted by atomic mass is 10.0. The van der Waals surface area contributed by atoms with Crippen LogP contribution in [0.2, 0.25) is 0 Å². The van der Waals surface area contributed by atoms with Crippen molar-refractivity contribution in [1.29, 1.82) is 0 Å². The molecule has 0 fully saturated rings. The van der Waals surface area contributed by atoms with E-state index >= 15 is 0 Å². The molecule has 3 rings (SSSR count). The standard InChI is InChI=1S/C23H20ClNO3/c24-15-22(26)25-21-12-10-20(11-13-21)19-8-6-17(7-9-19)14-23(27)28-16-18-4-2-1-3-5-18/h1-13H,14-16H2,(H,25,26). The Labute approximate surface area is 169 Å². The molecule has 1 N–H and O–H groups in total. The van der Waals surface area contributed by atoms with Crippen LogP contribution in [-0.4, -0.2) is 17.8 Å². The molecule has 0 aliphatic heterocycles. The number of esters is 1. The molecule has 1 amide bonds. The van der Waals surface area contributed by atoms with E-state index in [0.717, 1.165) is 22.3 Å². The highest BCUT2D eigenvalue weighted by atomic mass is 35.5. The smallest absolute Gasteiger partial charge is 0.310 e. The maximum Gasteiger partial charge on any atom is 0.310 e. The maximum atomic E-state index is 12.0. The van der Waals surface area contributed by atoms with Gasteiger partial charge in [0, 0.05) is 5.69 Å². The fraction of sp³-hybridized carbons (Fsp3) is 0.130. The summed E-state index contributed by atoms with van der Waals surface area (Å²) in [4.78, 5) is 23.3. The molecule has 5 heteroatoms. The molecular weight excluding hydrogens is 374 g/mol. The lowest BCUT2D eigenvalue weighted by Gasteiger charge is -2.07. The van der Waals surface area contributed by atoms with Gasteiger partial charge in [-0.15, -0.1) is 11.6 Å². The summed E-state index contributed by atoms with van der Waals surface area (Å²) >= 11 is 5.49. The van der Waals surface area contributed by atoms with Gasteiger partial charge in [0.25, 0.3) is 0 Å². The first kappa shape index (κ1) is 19.6. The van der Waals surface area contributed by atoms with E-state index in [1.165, 1.54) is 0 Å². The van der Waals surface area contributed by atoms with Gasteiger partial charge in [-0.05, 0) is 34.4 Å². The van der Waals surface area contributed by atoms with Crippen LogP contribution in [0.5, 0.6) is 0 Å². The van der Waals surface area contributed by atoms with Gasteiger partial charge in [-0.3, -0.25) is 9.59 Å². The third kappa shape index (κ3) is 5.69. The van der Waals surface area contributed by atoms with Crippen molar-refractivity contribution in [2.24, 2.45) is 0 Å². The molecule has 0 bridgehead atoms. The normalized spacial score (nSPS) is 10.3. The number of alkyl halides is 1. The van der Waals surface area contributed by atoms with Gasteiger partial charge in [0.05, 0.1) is 6.42 Å². The van der Waals surface area contributed by atoms with Crippen LogP contribution in [0.1, 0.15) is 11.1 Å². The molecule has 0 saturated heterocycles. The zero-order chi connectivity index (χ0) is 19.8. The van der Waals surface area contributed by atoms with Crippen LogP contribution < -0.4 is 5.32 Å². The zero-order valence-corrected chi connectivity index (χ0v) is 16.0. The van der Waals surface area contributed by atoms with Gasteiger partial charge in [-0.1, -0.05) is 66.7 Å². The number of rotatable bonds is 7. The zero-order valence-electron chi connectivity index (χ0n) is 15.2. The summed E-state index contributed by atoms with van der Waals surface area (Å²) in [6.07, 6.45) is 0.233. The minimum Gasteiger partial charge on any atom is -0.461 e.